The van der Waals surface area contributed by atoms with E-state index in [2.05, 4.69) is 27.2 Å². The highest BCUT2D eigenvalue weighted by Crippen LogP contribution is 2.19. The zero-order valence-corrected chi connectivity index (χ0v) is 14.8. The van der Waals surface area contributed by atoms with E-state index < -0.39 is 0 Å². The number of nitrogens with zero attached hydrogens (tertiary/aromatic N) is 2. The minimum Gasteiger partial charge on any atom is -0.378 e. The number of benzene rings is 1. The van der Waals surface area contributed by atoms with Crippen molar-refractivity contribution in [2.45, 2.75) is 37.8 Å². The van der Waals surface area contributed by atoms with Crippen molar-refractivity contribution in [3.63, 3.8) is 0 Å². The van der Waals surface area contributed by atoms with Crippen molar-refractivity contribution in [1.29, 1.82) is 0 Å². The van der Waals surface area contributed by atoms with E-state index in [1.165, 1.54) is 19.3 Å². The summed E-state index contributed by atoms with van der Waals surface area (Å²) < 4.78 is 5.65. The van der Waals surface area contributed by atoms with Gasteiger partial charge in [-0.15, -0.1) is 0 Å². The first kappa shape index (κ1) is 17.2. The SMILES string of the molecule is CN(C)c1ccc(CC(=O)N[C@@H]2COC[C@H]2N2CCCCC2)cc1. The molecule has 2 aliphatic rings. The van der Waals surface area contributed by atoms with Gasteiger partial charge in [-0.05, 0) is 43.6 Å². The summed E-state index contributed by atoms with van der Waals surface area (Å²) in [5.41, 5.74) is 2.19. The average molecular weight is 331 g/mol. The quantitative estimate of drug-likeness (QED) is 0.891. The summed E-state index contributed by atoms with van der Waals surface area (Å²) in [6, 6.07) is 8.63. The molecule has 5 nitrogen and oxygen atoms in total. The van der Waals surface area contributed by atoms with Gasteiger partial charge < -0.3 is 15.0 Å². The highest BCUT2D eigenvalue weighted by molar-refractivity contribution is 5.79. The van der Waals surface area contributed by atoms with Crippen molar-refractivity contribution in [3.8, 4) is 0 Å². The van der Waals surface area contributed by atoms with Crippen LogP contribution in [0.1, 0.15) is 24.8 Å². The van der Waals surface area contributed by atoms with Crippen LogP contribution in [-0.4, -0.2) is 63.3 Å². The summed E-state index contributed by atoms with van der Waals surface area (Å²) in [5, 5.41) is 3.20. The number of carbonyl (C=O) groups is 1. The molecule has 2 atom stereocenters. The molecule has 2 heterocycles. The van der Waals surface area contributed by atoms with Gasteiger partial charge in [-0.3, -0.25) is 9.69 Å². The summed E-state index contributed by atoms with van der Waals surface area (Å²) in [6.07, 6.45) is 4.27. The van der Waals surface area contributed by atoms with Gasteiger partial charge >= 0.3 is 0 Å². The van der Waals surface area contributed by atoms with Gasteiger partial charge in [-0.25, -0.2) is 0 Å². The molecule has 1 aromatic carbocycles. The van der Waals surface area contributed by atoms with E-state index in [9.17, 15) is 4.79 Å². The molecular formula is C19H29N3O2. The molecule has 2 fully saturated rings. The molecule has 0 spiro atoms. The van der Waals surface area contributed by atoms with Gasteiger partial charge in [-0.1, -0.05) is 18.6 Å². The molecule has 1 N–H and O–H groups in total. The normalized spacial score (nSPS) is 24.8. The van der Waals surface area contributed by atoms with Crippen molar-refractivity contribution >= 4 is 11.6 Å². The number of hydrogen-bond acceptors (Lipinski definition) is 4. The molecule has 0 bridgehead atoms. The fraction of sp³-hybridized carbons (Fsp3) is 0.632. The second-order valence-electron chi connectivity index (χ2n) is 7.11. The first-order valence-corrected chi connectivity index (χ1v) is 9.01. The average Bonchev–Trinajstić information content (AvgIpc) is 3.04. The molecule has 1 amide bonds. The summed E-state index contributed by atoms with van der Waals surface area (Å²) in [5.74, 6) is 0.0881. The maximum atomic E-state index is 12.4. The molecule has 2 aliphatic heterocycles. The van der Waals surface area contributed by atoms with Crippen LogP contribution in [0.2, 0.25) is 0 Å². The van der Waals surface area contributed by atoms with E-state index in [0.29, 0.717) is 19.1 Å². The Kier molecular flexibility index (Phi) is 5.74. The highest BCUT2D eigenvalue weighted by Gasteiger charge is 2.34. The van der Waals surface area contributed by atoms with E-state index in [-0.39, 0.29) is 11.9 Å². The second-order valence-corrected chi connectivity index (χ2v) is 7.11. The van der Waals surface area contributed by atoms with Crippen LogP contribution in [0.5, 0.6) is 0 Å². The van der Waals surface area contributed by atoms with Crippen molar-refractivity contribution in [2.24, 2.45) is 0 Å². The monoisotopic (exact) mass is 331 g/mol. The van der Waals surface area contributed by atoms with Crippen LogP contribution in [0.3, 0.4) is 0 Å². The molecule has 0 radical (unpaired) electrons. The predicted octanol–water partition coefficient (Wildman–Crippen LogP) is 1.66. The van der Waals surface area contributed by atoms with Gasteiger partial charge in [0.15, 0.2) is 0 Å². The van der Waals surface area contributed by atoms with Crippen LogP contribution < -0.4 is 10.2 Å². The van der Waals surface area contributed by atoms with E-state index in [1.807, 2.05) is 26.2 Å². The summed E-state index contributed by atoms with van der Waals surface area (Å²) >= 11 is 0. The first-order valence-electron chi connectivity index (χ1n) is 9.01. The van der Waals surface area contributed by atoms with Gasteiger partial charge in [0.05, 0.1) is 31.7 Å². The highest BCUT2D eigenvalue weighted by atomic mass is 16.5. The number of anilines is 1. The summed E-state index contributed by atoms with van der Waals surface area (Å²) in [6.45, 7) is 3.63. The molecule has 3 rings (SSSR count). The third kappa shape index (κ3) is 4.28. The van der Waals surface area contributed by atoms with E-state index in [1.54, 1.807) is 0 Å². The Bertz CT molecular complexity index is 538. The van der Waals surface area contributed by atoms with Gasteiger partial charge in [-0.2, -0.15) is 0 Å². The third-order valence-corrected chi connectivity index (χ3v) is 5.07. The molecule has 0 aliphatic carbocycles. The minimum absolute atomic E-state index is 0.0881. The Morgan fingerprint density at radius 3 is 2.54 bits per heavy atom. The van der Waals surface area contributed by atoms with Crippen molar-refractivity contribution in [3.05, 3.63) is 29.8 Å². The van der Waals surface area contributed by atoms with Gasteiger partial charge in [0.2, 0.25) is 5.91 Å². The zero-order chi connectivity index (χ0) is 16.9. The molecule has 132 valence electrons. The fourth-order valence-electron chi connectivity index (χ4n) is 3.65. The van der Waals surface area contributed by atoms with Crippen LogP contribution in [-0.2, 0) is 16.0 Å². The number of amides is 1. The Hall–Kier alpha value is -1.59. The van der Waals surface area contributed by atoms with E-state index in [4.69, 9.17) is 4.74 Å². The molecule has 0 saturated carbocycles. The molecule has 5 heteroatoms. The standard InChI is InChI=1S/C19H29N3O2/c1-21(2)16-8-6-15(7-9-16)12-19(23)20-17-13-24-14-18(17)22-10-4-3-5-11-22/h6-9,17-18H,3-5,10-14H2,1-2H3,(H,20,23)/t17-,18-/m1/s1. The first-order chi connectivity index (χ1) is 11.6. The lowest BCUT2D eigenvalue weighted by molar-refractivity contribution is -0.121. The predicted molar refractivity (Wildman–Crippen MR) is 96.4 cm³/mol. The molecule has 0 unspecified atom stereocenters. The van der Waals surface area contributed by atoms with Crippen molar-refractivity contribution < 1.29 is 9.53 Å². The topological polar surface area (TPSA) is 44.8 Å². The van der Waals surface area contributed by atoms with E-state index >= 15 is 0 Å². The zero-order valence-electron chi connectivity index (χ0n) is 14.8. The van der Waals surface area contributed by atoms with Crippen LogP contribution in [0.15, 0.2) is 24.3 Å². The van der Waals surface area contributed by atoms with Crippen LogP contribution >= 0.6 is 0 Å². The molecular weight excluding hydrogens is 302 g/mol. The number of rotatable bonds is 5. The number of nitrogens with one attached hydrogen (secondary N) is 1. The Morgan fingerprint density at radius 1 is 1.17 bits per heavy atom. The minimum atomic E-state index is 0.0881. The number of ether oxygens (including phenoxy) is 1. The third-order valence-electron chi connectivity index (χ3n) is 5.07. The van der Waals surface area contributed by atoms with Crippen LogP contribution in [0.25, 0.3) is 0 Å². The number of likely N-dealkylation sites (tertiary alicyclic amines) is 1. The smallest absolute Gasteiger partial charge is 0.224 e. The lowest BCUT2D eigenvalue weighted by Gasteiger charge is -2.34. The second kappa shape index (κ2) is 7.99. The number of piperidine rings is 1. The number of carbonyl (C=O) groups excluding carboxylic acids is 1. The summed E-state index contributed by atoms with van der Waals surface area (Å²) in [4.78, 5) is 17.0. The number of hydrogen-bond donors (Lipinski definition) is 1. The molecule has 0 aromatic heterocycles. The maximum absolute atomic E-state index is 12.4. The van der Waals surface area contributed by atoms with E-state index in [0.717, 1.165) is 30.9 Å². The van der Waals surface area contributed by atoms with Crippen molar-refractivity contribution in [1.82, 2.24) is 10.2 Å². The molecule has 1 aromatic rings. The lowest BCUT2D eigenvalue weighted by atomic mass is 10.0. The van der Waals surface area contributed by atoms with Gasteiger partial charge in [0.25, 0.3) is 0 Å². The Balaban J connectivity index is 1.53. The van der Waals surface area contributed by atoms with Crippen LogP contribution in [0.4, 0.5) is 5.69 Å². The summed E-state index contributed by atoms with van der Waals surface area (Å²) in [7, 11) is 4.03. The molecule has 2 saturated heterocycles. The van der Waals surface area contributed by atoms with Crippen LogP contribution in [0, 0.1) is 0 Å². The fourth-order valence-corrected chi connectivity index (χ4v) is 3.65. The van der Waals surface area contributed by atoms with Gasteiger partial charge in [0.1, 0.15) is 0 Å². The largest absolute Gasteiger partial charge is 0.378 e. The van der Waals surface area contributed by atoms with Gasteiger partial charge in [0, 0.05) is 19.8 Å². The lowest BCUT2D eigenvalue weighted by Crippen LogP contribution is -2.52. The Morgan fingerprint density at radius 2 is 1.88 bits per heavy atom. The Labute approximate surface area is 145 Å². The maximum Gasteiger partial charge on any atom is 0.224 e. The molecule has 24 heavy (non-hydrogen) atoms. The van der Waals surface area contributed by atoms with Crippen molar-refractivity contribution in [2.75, 3.05) is 45.3 Å².